The van der Waals surface area contributed by atoms with Gasteiger partial charge in [0, 0.05) is 45.6 Å². The molecular formula is C22H36IN5O2. The van der Waals surface area contributed by atoms with E-state index >= 15 is 0 Å². The van der Waals surface area contributed by atoms with E-state index < -0.39 is 5.41 Å². The molecule has 8 heteroatoms. The summed E-state index contributed by atoms with van der Waals surface area (Å²) in [7, 11) is 1.64. The fourth-order valence-electron chi connectivity index (χ4n) is 3.39. The second kappa shape index (κ2) is 12.8. The average Bonchev–Trinajstić information content (AvgIpc) is 3.08. The van der Waals surface area contributed by atoms with Gasteiger partial charge in [-0.2, -0.15) is 0 Å². The van der Waals surface area contributed by atoms with Crippen LogP contribution >= 0.6 is 24.0 Å². The minimum absolute atomic E-state index is 0. The number of benzene rings is 1. The summed E-state index contributed by atoms with van der Waals surface area (Å²) < 4.78 is 0. The van der Waals surface area contributed by atoms with Crippen LogP contribution in [0.5, 0.6) is 0 Å². The largest absolute Gasteiger partial charge is 0.359 e. The van der Waals surface area contributed by atoms with Gasteiger partial charge >= 0.3 is 0 Å². The van der Waals surface area contributed by atoms with Gasteiger partial charge in [-0.05, 0) is 32.8 Å². The number of nitrogens with zero attached hydrogens (tertiary/aromatic N) is 2. The van der Waals surface area contributed by atoms with Crippen LogP contribution in [0.25, 0.3) is 0 Å². The van der Waals surface area contributed by atoms with Crippen molar-refractivity contribution in [1.82, 2.24) is 20.9 Å². The van der Waals surface area contributed by atoms with Crippen LogP contribution < -0.4 is 16.0 Å². The number of nitrogens with one attached hydrogen (secondary N) is 3. The molecule has 0 radical (unpaired) electrons. The Labute approximate surface area is 197 Å². The predicted octanol–water partition coefficient (Wildman–Crippen LogP) is 2.02. The zero-order chi connectivity index (χ0) is 21.3. The summed E-state index contributed by atoms with van der Waals surface area (Å²) in [5.74, 6) is 1.12. The molecule has 7 nitrogen and oxygen atoms in total. The van der Waals surface area contributed by atoms with E-state index in [4.69, 9.17) is 0 Å². The standard InChI is InChI=1S/C22H35N5O2.HI/c1-5-24-21(26-16-22(2,3)20(29)23-4)25-14-18-13-19(28)27(15-18)12-11-17-9-7-6-8-10-17;/h6-10,18H,5,11-16H2,1-4H3,(H,23,29)(H2,24,25,26);1H. The van der Waals surface area contributed by atoms with E-state index in [0.717, 1.165) is 26.1 Å². The minimum Gasteiger partial charge on any atom is -0.359 e. The maximum absolute atomic E-state index is 12.3. The molecular weight excluding hydrogens is 493 g/mol. The Balaban J connectivity index is 0.00000450. The summed E-state index contributed by atoms with van der Waals surface area (Å²) in [6.07, 6.45) is 1.44. The highest BCUT2D eigenvalue weighted by Crippen LogP contribution is 2.18. The monoisotopic (exact) mass is 529 g/mol. The Kier molecular flexibility index (Phi) is 11.1. The van der Waals surface area contributed by atoms with Crippen molar-refractivity contribution in [2.75, 3.05) is 39.8 Å². The first-order chi connectivity index (χ1) is 13.9. The summed E-state index contributed by atoms with van der Waals surface area (Å²) in [6, 6.07) is 10.3. The SMILES string of the molecule is CCNC(=NCC(C)(C)C(=O)NC)NCC1CC(=O)N(CCc2ccccc2)C1.I. The summed E-state index contributed by atoms with van der Waals surface area (Å²) in [5.41, 5.74) is 0.677. The van der Waals surface area contributed by atoms with E-state index in [-0.39, 0.29) is 41.7 Å². The fourth-order valence-corrected chi connectivity index (χ4v) is 3.39. The predicted molar refractivity (Wildman–Crippen MR) is 132 cm³/mol. The van der Waals surface area contributed by atoms with Gasteiger partial charge in [0.1, 0.15) is 0 Å². The molecule has 1 heterocycles. The highest BCUT2D eigenvalue weighted by molar-refractivity contribution is 14.0. The number of hydrogen-bond donors (Lipinski definition) is 3. The van der Waals surface area contributed by atoms with Crippen LogP contribution in [0.15, 0.2) is 35.3 Å². The molecule has 1 fully saturated rings. The summed E-state index contributed by atoms with van der Waals surface area (Å²) >= 11 is 0. The van der Waals surface area contributed by atoms with Crippen molar-refractivity contribution in [2.45, 2.75) is 33.6 Å². The van der Waals surface area contributed by atoms with Crippen molar-refractivity contribution in [3.63, 3.8) is 0 Å². The molecule has 1 aliphatic heterocycles. The van der Waals surface area contributed by atoms with Gasteiger partial charge in [0.05, 0.1) is 12.0 Å². The van der Waals surface area contributed by atoms with Crippen LogP contribution in [0.1, 0.15) is 32.8 Å². The summed E-state index contributed by atoms with van der Waals surface area (Å²) in [6.45, 7) is 9.08. The van der Waals surface area contributed by atoms with Crippen LogP contribution in [0, 0.1) is 11.3 Å². The number of rotatable bonds is 9. The Morgan fingerprint density at radius 3 is 2.57 bits per heavy atom. The fraction of sp³-hybridized carbons (Fsp3) is 0.591. The Morgan fingerprint density at radius 1 is 1.23 bits per heavy atom. The van der Waals surface area contributed by atoms with Gasteiger partial charge in [-0.3, -0.25) is 14.6 Å². The van der Waals surface area contributed by atoms with Gasteiger partial charge in [0.15, 0.2) is 5.96 Å². The van der Waals surface area contributed by atoms with Crippen molar-refractivity contribution >= 4 is 41.8 Å². The third-order valence-corrected chi connectivity index (χ3v) is 5.18. The number of halogens is 1. The number of carbonyl (C=O) groups is 2. The molecule has 1 aromatic carbocycles. The molecule has 1 aromatic rings. The van der Waals surface area contributed by atoms with Crippen molar-refractivity contribution in [3.05, 3.63) is 35.9 Å². The molecule has 1 unspecified atom stereocenters. The second-order valence-electron chi connectivity index (χ2n) is 8.18. The maximum Gasteiger partial charge on any atom is 0.227 e. The first-order valence-electron chi connectivity index (χ1n) is 10.4. The molecule has 0 spiro atoms. The molecule has 1 atom stereocenters. The second-order valence-corrected chi connectivity index (χ2v) is 8.18. The third-order valence-electron chi connectivity index (χ3n) is 5.18. The van der Waals surface area contributed by atoms with Crippen LogP contribution in [0.3, 0.4) is 0 Å². The van der Waals surface area contributed by atoms with E-state index in [9.17, 15) is 9.59 Å². The van der Waals surface area contributed by atoms with Crippen LogP contribution in [0.2, 0.25) is 0 Å². The Hall–Kier alpha value is -1.84. The van der Waals surface area contributed by atoms with E-state index in [1.54, 1.807) is 7.05 Å². The molecule has 3 N–H and O–H groups in total. The van der Waals surface area contributed by atoms with Crippen molar-refractivity contribution in [1.29, 1.82) is 0 Å². The van der Waals surface area contributed by atoms with Gasteiger partial charge in [-0.15, -0.1) is 24.0 Å². The van der Waals surface area contributed by atoms with Gasteiger partial charge in [-0.25, -0.2) is 0 Å². The molecule has 0 aliphatic carbocycles. The Bertz CT molecular complexity index is 709. The van der Waals surface area contributed by atoms with Crippen molar-refractivity contribution in [2.24, 2.45) is 16.3 Å². The smallest absolute Gasteiger partial charge is 0.227 e. The quantitative estimate of drug-likeness (QED) is 0.260. The molecule has 0 aromatic heterocycles. The lowest BCUT2D eigenvalue weighted by Gasteiger charge is -2.21. The highest BCUT2D eigenvalue weighted by Gasteiger charge is 2.29. The van der Waals surface area contributed by atoms with Crippen LogP contribution in [0.4, 0.5) is 0 Å². The molecule has 2 rings (SSSR count). The molecule has 1 saturated heterocycles. The van der Waals surface area contributed by atoms with E-state index in [2.05, 4.69) is 33.1 Å². The zero-order valence-electron chi connectivity index (χ0n) is 18.5. The topological polar surface area (TPSA) is 85.8 Å². The molecule has 168 valence electrons. The van der Waals surface area contributed by atoms with Crippen LogP contribution in [-0.4, -0.2) is 62.4 Å². The molecule has 1 aliphatic rings. The third kappa shape index (κ3) is 8.12. The highest BCUT2D eigenvalue weighted by atomic mass is 127. The van der Waals surface area contributed by atoms with E-state index in [1.165, 1.54) is 5.56 Å². The van der Waals surface area contributed by atoms with E-state index in [0.29, 0.717) is 25.5 Å². The summed E-state index contributed by atoms with van der Waals surface area (Å²) in [4.78, 5) is 30.8. The van der Waals surface area contributed by atoms with Crippen molar-refractivity contribution in [3.8, 4) is 0 Å². The zero-order valence-corrected chi connectivity index (χ0v) is 20.9. The van der Waals surface area contributed by atoms with Gasteiger partial charge in [-0.1, -0.05) is 30.3 Å². The number of aliphatic imine (C=N–C) groups is 1. The normalized spacial score (nSPS) is 16.8. The minimum atomic E-state index is -0.575. The number of hydrogen-bond acceptors (Lipinski definition) is 3. The lowest BCUT2D eigenvalue weighted by molar-refractivity contribution is -0.128. The van der Waals surface area contributed by atoms with Gasteiger partial charge in [0.2, 0.25) is 11.8 Å². The molecule has 30 heavy (non-hydrogen) atoms. The lowest BCUT2D eigenvalue weighted by atomic mass is 9.93. The number of guanidine groups is 1. The van der Waals surface area contributed by atoms with Crippen LogP contribution in [-0.2, 0) is 16.0 Å². The first kappa shape index (κ1) is 26.2. The maximum atomic E-state index is 12.3. The average molecular weight is 529 g/mol. The first-order valence-corrected chi connectivity index (χ1v) is 10.4. The number of likely N-dealkylation sites (tertiary alicyclic amines) is 1. The molecule has 0 bridgehead atoms. The summed E-state index contributed by atoms with van der Waals surface area (Å²) in [5, 5.41) is 9.23. The van der Waals surface area contributed by atoms with Gasteiger partial charge in [0.25, 0.3) is 0 Å². The van der Waals surface area contributed by atoms with Gasteiger partial charge < -0.3 is 20.9 Å². The van der Waals surface area contributed by atoms with E-state index in [1.807, 2.05) is 43.9 Å². The molecule has 0 saturated carbocycles. The number of amides is 2. The van der Waals surface area contributed by atoms with Crippen molar-refractivity contribution < 1.29 is 9.59 Å². The molecule has 2 amide bonds. The lowest BCUT2D eigenvalue weighted by Crippen LogP contribution is -2.42. The Morgan fingerprint density at radius 2 is 1.93 bits per heavy atom. The number of carbonyl (C=O) groups excluding carboxylic acids is 2.